The lowest BCUT2D eigenvalue weighted by molar-refractivity contribution is -0.144. The van der Waals surface area contributed by atoms with Crippen molar-refractivity contribution < 1.29 is 19.2 Å². The summed E-state index contributed by atoms with van der Waals surface area (Å²) < 4.78 is 0. The van der Waals surface area contributed by atoms with Gasteiger partial charge >= 0.3 is 0 Å². The molecule has 0 aromatic heterocycles. The van der Waals surface area contributed by atoms with Gasteiger partial charge in [-0.25, -0.2) is 0 Å². The lowest BCUT2D eigenvalue weighted by atomic mass is 9.85. The van der Waals surface area contributed by atoms with Crippen LogP contribution in [0.3, 0.4) is 0 Å². The Labute approximate surface area is 202 Å². The predicted molar refractivity (Wildman–Crippen MR) is 130 cm³/mol. The second-order valence-corrected chi connectivity index (χ2v) is 9.31. The Bertz CT molecular complexity index is 898. The van der Waals surface area contributed by atoms with E-state index in [4.69, 9.17) is 0 Å². The van der Waals surface area contributed by atoms with Crippen molar-refractivity contribution in [1.29, 1.82) is 0 Å². The number of benzene rings is 1. The molecule has 0 bridgehead atoms. The van der Waals surface area contributed by atoms with E-state index in [9.17, 15) is 19.2 Å². The third-order valence-electron chi connectivity index (χ3n) is 6.84. The van der Waals surface area contributed by atoms with Gasteiger partial charge in [0, 0.05) is 26.1 Å². The van der Waals surface area contributed by atoms with Crippen molar-refractivity contribution in [2.45, 2.75) is 71.9 Å². The van der Waals surface area contributed by atoms with Gasteiger partial charge < -0.3 is 10.2 Å². The summed E-state index contributed by atoms with van der Waals surface area (Å²) in [6, 6.07) is 7.28. The number of nitrogens with one attached hydrogen (secondary N) is 1. The third-order valence-corrected chi connectivity index (χ3v) is 6.84. The van der Waals surface area contributed by atoms with Crippen molar-refractivity contribution in [3.05, 3.63) is 47.5 Å². The number of imide groups is 1. The molecule has 2 aliphatic rings. The van der Waals surface area contributed by atoms with Crippen molar-refractivity contribution in [3.8, 4) is 0 Å². The van der Waals surface area contributed by atoms with Crippen molar-refractivity contribution in [2.24, 2.45) is 11.8 Å². The summed E-state index contributed by atoms with van der Waals surface area (Å²) in [7, 11) is 0. The third kappa shape index (κ3) is 5.93. The van der Waals surface area contributed by atoms with Crippen LogP contribution in [0.4, 0.5) is 0 Å². The molecule has 4 amide bonds. The molecular weight excluding hydrogens is 430 g/mol. The number of fused-ring (bicyclic) bond motifs is 1. The number of unbranched alkanes of at least 4 members (excludes halogenated alkanes) is 1. The molecule has 0 spiro atoms. The minimum absolute atomic E-state index is 0.00888. The van der Waals surface area contributed by atoms with E-state index in [0.717, 1.165) is 24.0 Å². The maximum Gasteiger partial charge on any atom is 0.242 e. The average Bonchev–Trinajstić information content (AvgIpc) is 3.08. The molecule has 34 heavy (non-hydrogen) atoms. The first-order valence-corrected chi connectivity index (χ1v) is 12.5. The van der Waals surface area contributed by atoms with Gasteiger partial charge in [0.2, 0.25) is 23.6 Å². The molecule has 0 radical (unpaired) electrons. The van der Waals surface area contributed by atoms with E-state index in [0.29, 0.717) is 32.4 Å². The van der Waals surface area contributed by atoms with Crippen LogP contribution in [0.1, 0.15) is 63.5 Å². The van der Waals surface area contributed by atoms with Crippen LogP contribution >= 0.6 is 0 Å². The zero-order valence-electron chi connectivity index (χ0n) is 20.6. The number of nitrogens with zero attached hydrogens (tertiary/aromatic N) is 2. The van der Waals surface area contributed by atoms with E-state index in [-0.39, 0.29) is 48.4 Å². The zero-order chi connectivity index (χ0) is 24.7. The van der Waals surface area contributed by atoms with Gasteiger partial charge in [0.25, 0.3) is 0 Å². The predicted octanol–water partition coefficient (Wildman–Crippen LogP) is 3.36. The summed E-state index contributed by atoms with van der Waals surface area (Å²) in [6.07, 6.45) is 7.40. The van der Waals surface area contributed by atoms with Gasteiger partial charge in [0.05, 0.1) is 11.8 Å². The highest BCUT2D eigenvalue weighted by molar-refractivity contribution is 6.05. The number of carbonyl (C=O) groups is 4. The number of aryl methyl sites for hydroxylation is 1. The van der Waals surface area contributed by atoms with E-state index >= 15 is 0 Å². The molecule has 1 aliphatic carbocycles. The average molecular weight is 468 g/mol. The first kappa shape index (κ1) is 25.7. The van der Waals surface area contributed by atoms with Gasteiger partial charge in [-0.2, -0.15) is 0 Å². The van der Waals surface area contributed by atoms with Gasteiger partial charge in [0.15, 0.2) is 0 Å². The summed E-state index contributed by atoms with van der Waals surface area (Å²) in [5.41, 5.74) is 2.05. The fourth-order valence-electron chi connectivity index (χ4n) is 4.76. The number of hydrogen-bond donors (Lipinski definition) is 1. The molecule has 1 aliphatic heterocycles. The Morgan fingerprint density at radius 1 is 1.06 bits per heavy atom. The normalized spacial score (nSPS) is 20.3. The molecule has 7 nitrogen and oxygen atoms in total. The first-order chi connectivity index (χ1) is 16.4. The quantitative estimate of drug-likeness (QED) is 0.307. The molecule has 1 fully saturated rings. The van der Waals surface area contributed by atoms with Crippen LogP contribution < -0.4 is 5.32 Å². The maximum atomic E-state index is 13.4. The van der Waals surface area contributed by atoms with Gasteiger partial charge in [0.1, 0.15) is 6.04 Å². The van der Waals surface area contributed by atoms with Crippen LogP contribution in [0.2, 0.25) is 0 Å². The zero-order valence-corrected chi connectivity index (χ0v) is 20.6. The first-order valence-electron chi connectivity index (χ1n) is 12.5. The van der Waals surface area contributed by atoms with Crippen LogP contribution in [0.15, 0.2) is 36.4 Å². The second-order valence-electron chi connectivity index (χ2n) is 9.31. The molecule has 1 heterocycles. The van der Waals surface area contributed by atoms with Crippen molar-refractivity contribution in [1.82, 2.24) is 15.1 Å². The molecule has 1 aromatic carbocycles. The van der Waals surface area contributed by atoms with Crippen molar-refractivity contribution in [3.63, 3.8) is 0 Å². The minimum Gasteiger partial charge on any atom is -0.354 e. The van der Waals surface area contributed by atoms with E-state index in [1.165, 1.54) is 4.90 Å². The number of carbonyl (C=O) groups excluding carboxylic acids is 4. The van der Waals surface area contributed by atoms with Crippen LogP contribution in [0.5, 0.6) is 0 Å². The fraction of sp³-hybridized carbons (Fsp3) is 0.556. The molecule has 1 saturated heterocycles. The summed E-state index contributed by atoms with van der Waals surface area (Å²) in [6.45, 7) is 6.89. The molecule has 3 rings (SSSR count). The Morgan fingerprint density at radius 2 is 1.68 bits per heavy atom. The molecule has 7 heteroatoms. The molecular formula is C27H37N3O4. The van der Waals surface area contributed by atoms with Crippen LogP contribution in [-0.2, 0) is 25.7 Å². The Balaban J connectivity index is 1.72. The van der Waals surface area contributed by atoms with Crippen LogP contribution in [-0.4, -0.2) is 52.6 Å². The lowest BCUT2D eigenvalue weighted by Crippen LogP contribution is -2.49. The largest absolute Gasteiger partial charge is 0.354 e. The number of amides is 4. The Hall–Kier alpha value is -2.96. The molecule has 1 unspecified atom stereocenters. The van der Waals surface area contributed by atoms with Crippen LogP contribution in [0, 0.1) is 18.8 Å². The SMILES string of the molecule is CCCCNC(=O)C(CC)N(Cc1ccc(C)cc1)C(=O)CCN1C(=O)[C@H]2CC=CC[C@H]2C1=O. The van der Waals surface area contributed by atoms with E-state index in [1.54, 1.807) is 4.90 Å². The Kier molecular flexibility index (Phi) is 9.02. The molecule has 3 atom stereocenters. The standard InChI is InChI=1S/C27H37N3O4/c1-4-6-16-28-25(32)23(5-2)30(18-20-13-11-19(3)12-14-20)24(31)15-17-29-26(33)21-9-7-8-10-22(21)27(29)34/h7-8,11-14,21-23H,4-6,9-10,15-18H2,1-3H3,(H,28,32)/t21-,22+,23?. The Morgan fingerprint density at radius 3 is 2.24 bits per heavy atom. The highest BCUT2D eigenvalue weighted by Gasteiger charge is 2.47. The second kappa shape index (κ2) is 12.0. The molecule has 1 aromatic rings. The molecule has 184 valence electrons. The van der Waals surface area contributed by atoms with Crippen molar-refractivity contribution >= 4 is 23.6 Å². The number of rotatable bonds is 11. The highest BCUT2D eigenvalue weighted by atomic mass is 16.2. The lowest BCUT2D eigenvalue weighted by Gasteiger charge is -2.31. The van der Waals surface area contributed by atoms with E-state index in [2.05, 4.69) is 12.2 Å². The van der Waals surface area contributed by atoms with Gasteiger partial charge in [-0.05, 0) is 38.2 Å². The summed E-state index contributed by atoms with van der Waals surface area (Å²) in [5.74, 6) is -1.36. The molecule has 0 saturated carbocycles. The number of hydrogen-bond acceptors (Lipinski definition) is 4. The van der Waals surface area contributed by atoms with Gasteiger partial charge in [-0.3, -0.25) is 24.1 Å². The van der Waals surface area contributed by atoms with E-state index in [1.807, 2.05) is 50.3 Å². The number of allylic oxidation sites excluding steroid dienone is 2. The van der Waals surface area contributed by atoms with Gasteiger partial charge in [-0.15, -0.1) is 0 Å². The van der Waals surface area contributed by atoms with Gasteiger partial charge in [-0.1, -0.05) is 62.2 Å². The monoisotopic (exact) mass is 467 g/mol. The molecule has 1 N–H and O–H groups in total. The highest BCUT2D eigenvalue weighted by Crippen LogP contribution is 2.35. The minimum atomic E-state index is -0.609. The summed E-state index contributed by atoms with van der Waals surface area (Å²) in [4.78, 5) is 54.8. The van der Waals surface area contributed by atoms with Crippen LogP contribution in [0.25, 0.3) is 0 Å². The maximum absolute atomic E-state index is 13.4. The smallest absolute Gasteiger partial charge is 0.242 e. The number of likely N-dealkylation sites (tertiary alicyclic amines) is 1. The summed E-state index contributed by atoms with van der Waals surface area (Å²) in [5, 5.41) is 2.95. The topological polar surface area (TPSA) is 86.8 Å². The fourth-order valence-corrected chi connectivity index (χ4v) is 4.76. The van der Waals surface area contributed by atoms with E-state index < -0.39 is 6.04 Å². The van der Waals surface area contributed by atoms with Crippen molar-refractivity contribution in [2.75, 3.05) is 13.1 Å². The summed E-state index contributed by atoms with van der Waals surface area (Å²) >= 11 is 0.